The van der Waals surface area contributed by atoms with Gasteiger partial charge >= 0.3 is 0 Å². The number of anilines is 1. The Hall–Kier alpha value is -1.36. The highest BCUT2D eigenvalue weighted by molar-refractivity contribution is 7.09. The molecule has 1 N–H and O–H groups in total. The summed E-state index contributed by atoms with van der Waals surface area (Å²) < 4.78 is 2.11. The Bertz CT molecular complexity index is 445. The molecule has 5 heteroatoms. The van der Waals surface area contributed by atoms with E-state index in [1.54, 1.807) is 11.3 Å². The van der Waals surface area contributed by atoms with Crippen LogP contribution in [0.3, 0.4) is 0 Å². The Morgan fingerprint density at radius 2 is 2.31 bits per heavy atom. The summed E-state index contributed by atoms with van der Waals surface area (Å²) in [5.41, 5.74) is 1.03. The molecule has 86 valence electrons. The molecule has 0 bridgehead atoms. The molecule has 0 aliphatic heterocycles. The van der Waals surface area contributed by atoms with E-state index in [1.165, 1.54) is 0 Å². The maximum atomic E-state index is 4.46. The lowest BCUT2D eigenvalue weighted by Gasteiger charge is -2.10. The number of rotatable bonds is 4. The lowest BCUT2D eigenvalue weighted by molar-refractivity contribution is 0.769. The zero-order chi connectivity index (χ0) is 11.5. The molecular formula is C11H16N4S. The molecule has 2 heterocycles. The Labute approximate surface area is 99.4 Å². The lowest BCUT2D eigenvalue weighted by atomic mass is 10.4. The molecule has 0 aliphatic rings. The zero-order valence-electron chi connectivity index (χ0n) is 9.77. The fourth-order valence-electron chi connectivity index (χ4n) is 1.52. The van der Waals surface area contributed by atoms with Crippen LogP contribution in [0.15, 0.2) is 17.8 Å². The summed E-state index contributed by atoms with van der Waals surface area (Å²) in [6.45, 7) is 7.01. The first-order valence-corrected chi connectivity index (χ1v) is 6.22. The van der Waals surface area contributed by atoms with Crippen LogP contribution in [0.1, 0.15) is 24.5 Å². The first-order valence-electron chi connectivity index (χ1n) is 5.34. The van der Waals surface area contributed by atoms with E-state index in [4.69, 9.17) is 0 Å². The highest BCUT2D eigenvalue weighted by Gasteiger charge is 2.07. The van der Waals surface area contributed by atoms with Gasteiger partial charge in [0.2, 0.25) is 5.95 Å². The number of thiazole rings is 1. The molecule has 0 unspecified atom stereocenters. The second kappa shape index (κ2) is 4.65. The van der Waals surface area contributed by atoms with Crippen molar-refractivity contribution in [1.29, 1.82) is 0 Å². The molecule has 2 aromatic rings. The van der Waals surface area contributed by atoms with Gasteiger partial charge in [0, 0.05) is 23.8 Å². The average molecular weight is 236 g/mol. The summed E-state index contributed by atoms with van der Waals surface area (Å²) in [4.78, 5) is 8.74. The average Bonchev–Trinajstić information content (AvgIpc) is 2.77. The maximum absolute atomic E-state index is 4.46. The van der Waals surface area contributed by atoms with Crippen molar-refractivity contribution in [2.75, 3.05) is 5.32 Å². The number of aromatic nitrogens is 3. The molecule has 0 fully saturated rings. The summed E-state index contributed by atoms with van der Waals surface area (Å²) in [5, 5.41) is 6.43. The highest BCUT2D eigenvalue weighted by Crippen LogP contribution is 2.14. The Balaban J connectivity index is 2.19. The van der Waals surface area contributed by atoms with Crippen LogP contribution in [0.2, 0.25) is 0 Å². The smallest absolute Gasteiger partial charge is 0.203 e. The molecule has 0 aromatic carbocycles. The van der Waals surface area contributed by atoms with E-state index < -0.39 is 0 Å². The second-order valence-electron chi connectivity index (χ2n) is 4.06. The van der Waals surface area contributed by atoms with Gasteiger partial charge in [-0.15, -0.1) is 11.3 Å². The van der Waals surface area contributed by atoms with Crippen LogP contribution in [-0.2, 0) is 6.54 Å². The molecule has 16 heavy (non-hydrogen) atoms. The van der Waals surface area contributed by atoms with Crippen LogP contribution in [-0.4, -0.2) is 20.6 Å². The summed E-state index contributed by atoms with van der Waals surface area (Å²) in [5.74, 6) is 0.919. The van der Waals surface area contributed by atoms with E-state index in [0.717, 1.165) is 23.2 Å². The molecule has 0 saturated carbocycles. The highest BCUT2D eigenvalue weighted by atomic mass is 32.1. The van der Waals surface area contributed by atoms with Crippen molar-refractivity contribution in [2.45, 2.75) is 33.4 Å². The lowest BCUT2D eigenvalue weighted by Crippen LogP contribution is -2.14. The predicted molar refractivity (Wildman–Crippen MR) is 66.9 cm³/mol. The van der Waals surface area contributed by atoms with Crippen LogP contribution in [0, 0.1) is 6.92 Å². The molecule has 2 rings (SSSR count). The van der Waals surface area contributed by atoms with Crippen molar-refractivity contribution < 1.29 is 0 Å². The van der Waals surface area contributed by atoms with Gasteiger partial charge in [0.1, 0.15) is 5.01 Å². The fourth-order valence-corrected chi connectivity index (χ4v) is 2.13. The molecule has 4 nitrogen and oxygen atoms in total. The van der Waals surface area contributed by atoms with E-state index in [0.29, 0.717) is 6.04 Å². The van der Waals surface area contributed by atoms with E-state index in [1.807, 2.05) is 24.7 Å². The van der Waals surface area contributed by atoms with Crippen LogP contribution in [0.25, 0.3) is 0 Å². The van der Waals surface area contributed by atoms with Crippen molar-refractivity contribution in [3.05, 3.63) is 28.5 Å². The van der Waals surface area contributed by atoms with Crippen molar-refractivity contribution in [1.82, 2.24) is 14.5 Å². The van der Waals surface area contributed by atoms with Crippen LogP contribution < -0.4 is 5.32 Å². The third-order valence-electron chi connectivity index (χ3n) is 2.10. The van der Waals surface area contributed by atoms with Crippen LogP contribution in [0.5, 0.6) is 0 Å². The maximum Gasteiger partial charge on any atom is 0.203 e. The van der Waals surface area contributed by atoms with Crippen LogP contribution >= 0.6 is 11.3 Å². The predicted octanol–water partition coefficient (Wildman–Crippen LogP) is 2.52. The van der Waals surface area contributed by atoms with Gasteiger partial charge in [0.25, 0.3) is 0 Å². The normalized spacial score (nSPS) is 11.0. The topological polar surface area (TPSA) is 42.7 Å². The standard InChI is InChI=1S/C11H16N4S/c1-8(2)13-11-14-9(3)6-15(11)7-10-12-4-5-16-10/h4-6,8H,7H2,1-3H3,(H,13,14). The van der Waals surface area contributed by atoms with E-state index in [9.17, 15) is 0 Å². The third-order valence-corrected chi connectivity index (χ3v) is 2.87. The van der Waals surface area contributed by atoms with E-state index >= 15 is 0 Å². The minimum atomic E-state index is 0.386. The SMILES string of the molecule is Cc1cn(Cc2nccs2)c(NC(C)C)n1. The molecule has 2 aromatic heterocycles. The number of hydrogen-bond donors (Lipinski definition) is 1. The fraction of sp³-hybridized carbons (Fsp3) is 0.455. The first-order chi connectivity index (χ1) is 7.65. The minimum Gasteiger partial charge on any atom is -0.353 e. The molecular weight excluding hydrogens is 220 g/mol. The van der Waals surface area contributed by atoms with Gasteiger partial charge in [-0.3, -0.25) is 0 Å². The third kappa shape index (κ3) is 2.61. The summed E-state index contributed by atoms with van der Waals surface area (Å²) in [6, 6.07) is 0.386. The van der Waals surface area contributed by atoms with Crippen LogP contribution in [0.4, 0.5) is 5.95 Å². The minimum absolute atomic E-state index is 0.386. The number of hydrogen-bond acceptors (Lipinski definition) is 4. The zero-order valence-corrected chi connectivity index (χ0v) is 10.6. The number of aryl methyl sites for hydroxylation is 1. The monoisotopic (exact) mass is 236 g/mol. The second-order valence-corrected chi connectivity index (χ2v) is 5.04. The van der Waals surface area contributed by atoms with Gasteiger partial charge in [-0.05, 0) is 20.8 Å². The quantitative estimate of drug-likeness (QED) is 0.887. The molecule has 0 spiro atoms. The van der Waals surface area contributed by atoms with Gasteiger partial charge in [-0.1, -0.05) is 0 Å². The number of nitrogens with zero attached hydrogens (tertiary/aromatic N) is 3. The summed E-state index contributed by atoms with van der Waals surface area (Å²) in [7, 11) is 0. The van der Waals surface area contributed by atoms with Gasteiger partial charge in [0.05, 0.1) is 12.2 Å². The van der Waals surface area contributed by atoms with Crippen molar-refractivity contribution >= 4 is 17.3 Å². The largest absolute Gasteiger partial charge is 0.353 e. The van der Waals surface area contributed by atoms with Crippen molar-refractivity contribution in [3.63, 3.8) is 0 Å². The summed E-state index contributed by atoms with van der Waals surface area (Å²) >= 11 is 1.67. The van der Waals surface area contributed by atoms with Crippen molar-refractivity contribution in [3.8, 4) is 0 Å². The van der Waals surface area contributed by atoms with E-state index in [2.05, 4.69) is 33.7 Å². The Morgan fingerprint density at radius 3 is 2.94 bits per heavy atom. The molecule has 0 saturated heterocycles. The number of nitrogens with one attached hydrogen (secondary N) is 1. The van der Waals surface area contributed by atoms with Gasteiger partial charge in [-0.25, -0.2) is 9.97 Å². The first kappa shape index (κ1) is 11.1. The van der Waals surface area contributed by atoms with Gasteiger partial charge < -0.3 is 9.88 Å². The summed E-state index contributed by atoms with van der Waals surface area (Å²) in [6.07, 6.45) is 3.88. The molecule has 0 amide bonds. The molecule has 0 atom stereocenters. The van der Waals surface area contributed by atoms with Gasteiger partial charge in [-0.2, -0.15) is 0 Å². The Kier molecular flexibility index (Phi) is 3.24. The molecule has 0 radical (unpaired) electrons. The number of imidazole rings is 1. The van der Waals surface area contributed by atoms with Gasteiger partial charge in [0.15, 0.2) is 0 Å². The Morgan fingerprint density at radius 1 is 1.50 bits per heavy atom. The van der Waals surface area contributed by atoms with E-state index in [-0.39, 0.29) is 0 Å². The molecule has 0 aliphatic carbocycles. The van der Waals surface area contributed by atoms with Crippen molar-refractivity contribution in [2.24, 2.45) is 0 Å².